The molecule has 1 heterocycles. The first-order valence-corrected chi connectivity index (χ1v) is 6.77. The topological polar surface area (TPSA) is 32.3 Å². The molecule has 2 N–H and O–H groups in total. The number of nitrogens with one attached hydrogen (secondary N) is 1. The minimum Gasteiger partial charge on any atom is -0.387 e. The molecule has 4 heteroatoms. The average molecular weight is 265 g/mol. The van der Waals surface area contributed by atoms with Crippen molar-refractivity contribution in [1.82, 2.24) is 5.32 Å². The van der Waals surface area contributed by atoms with Gasteiger partial charge in [0.05, 0.1) is 6.10 Å². The largest absolute Gasteiger partial charge is 0.387 e. The Morgan fingerprint density at radius 1 is 1.28 bits per heavy atom. The Morgan fingerprint density at radius 2 is 2.00 bits per heavy atom. The minimum absolute atomic E-state index is 0.284. The monoisotopic (exact) mass is 265 g/mol. The van der Waals surface area contributed by atoms with Crippen LogP contribution in [0.2, 0.25) is 0 Å². The van der Waals surface area contributed by atoms with E-state index in [9.17, 15) is 9.50 Å². The molecule has 0 aliphatic rings. The molecule has 0 aliphatic carbocycles. The Kier molecular flexibility index (Phi) is 4.47. The summed E-state index contributed by atoms with van der Waals surface area (Å²) in [5, 5.41) is 17.3. The molecule has 0 saturated carbocycles. The second-order valence-corrected chi connectivity index (χ2v) is 5.02. The van der Waals surface area contributed by atoms with Crippen molar-refractivity contribution in [2.75, 3.05) is 6.54 Å². The average Bonchev–Trinajstić information content (AvgIpc) is 2.76. The van der Waals surface area contributed by atoms with Crippen LogP contribution in [0.4, 0.5) is 4.39 Å². The highest BCUT2D eigenvalue weighted by molar-refractivity contribution is 7.08. The smallest absolute Gasteiger partial charge is 0.123 e. The SMILES string of the molecule is Cc1cscc1CNCC(O)c1ccc(F)cc1. The lowest BCUT2D eigenvalue weighted by Crippen LogP contribution is -2.21. The van der Waals surface area contributed by atoms with Gasteiger partial charge in [-0.05, 0) is 46.5 Å². The predicted molar refractivity (Wildman–Crippen MR) is 72.1 cm³/mol. The maximum Gasteiger partial charge on any atom is 0.123 e. The first-order chi connectivity index (χ1) is 8.66. The van der Waals surface area contributed by atoms with Crippen LogP contribution in [0.25, 0.3) is 0 Å². The zero-order valence-corrected chi connectivity index (χ0v) is 11.0. The van der Waals surface area contributed by atoms with Crippen LogP contribution >= 0.6 is 11.3 Å². The molecule has 2 nitrogen and oxygen atoms in total. The van der Waals surface area contributed by atoms with Crippen molar-refractivity contribution in [1.29, 1.82) is 0 Å². The van der Waals surface area contributed by atoms with Crippen LogP contribution in [0.15, 0.2) is 35.0 Å². The van der Waals surface area contributed by atoms with Crippen molar-refractivity contribution >= 4 is 11.3 Å². The third-order valence-electron chi connectivity index (χ3n) is 2.87. The molecule has 0 fully saturated rings. The van der Waals surface area contributed by atoms with Crippen molar-refractivity contribution < 1.29 is 9.50 Å². The van der Waals surface area contributed by atoms with E-state index in [1.54, 1.807) is 23.5 Å². The van der Waals surface area contributed by atoms with E-state index in [1.165, 1.54) is 23.3 Å². The molecule has 0 bridgehead atoms. The third-order valence-corrected chi connectivity index (χ3v) is 3.78. The molecular formula is C14H16FNOS. The Labute approximate surface area is 110 Å². The van der Waals surface area contributed by atoms with Crippen molar-refractivity contribution in [3.05, 3.63) is 57.5 Å². The fourth-order valence-corrected chi connectivity index (χ4v) is 2.57. The second kappa shape index (κ2) is 6.09. The molecule has 0 radical (unpaired) electrons. The molecule has 0 spiro atoms. The number of thiophene rings is 1. The van der Waals surface area contributed by atoms with Crippen LogP contribution < -0.4 is 5.32 Å². The lowest BCUT2D eigenvalue weighted by molar-refractivity contribution is 0.174. The zero-order chi connectivity index (χ0) is 13.0. The van der Waals surface area contributed by atoms with Gasteiger partial charge in [-0.25, -0.2) is 4.39 Å². The summed E-state index contributed by atoms with van der Waals surface area (Å²) in [5.41, 5.74) is 3.25. The predicted octanol–water partition coefficient (Wildman–Crippen LogP) is 3.02. The number of hydrogen-bond acceptors (Lipinski definition) is 3. The van der Waals surface area contributed by atoms with E-state index in [0.29, 0.717) is 6.54 Å². The molecule has 1 aromatic heterocycles. The summed E-state index contributed by atoms with van der Waals surface area (Å²) >= 11 is 1.68. The van der Waals surface area contributed by atoms with Gasteiger partial charge in [-0.2, -0.15) is 11.3 Å². The summed E-state index contributed by atoms with van der Waals surface area (Å²) in [6, 6.07) is 5.94. The van der Waals surface area contributed by atoms with Crippen molar-refractivity contribution in [3.8, 4) is 0 Å². The summed E-state index contributed by atoms with van der Waals surface area (Å²) in [5.74, 6) is -0.284. The number of halogens is 1. The maximum atomic E-state index is 12.7. The highest BCUT2D eigenvalue weighted by Crippen LogP contribution is 2.15. The van der Waals surface area contributed by atoms with Gasteiger partial charge in [0, 0.05) is 13.1 Å². The van der Waals surface area contributed by atoms with Gasteiger partial charge in [0.25, 0.3) is 0 Å². The van der Waals surface area contributed by atoms with Crippen molar-refractivity contribution in [3.63, 3.8) is 0 Å². The summed E-state index contributed by atoms with van der Waals surface area (Å²) in [7, 11) is 0. The highest BCUT2D eigenvalue weighted by Gasteiger charge is 2.07. The van der Waals surface area contributed by atoms with Gasteiger partial charge in [-0.15, -0.1) is 0 Å². The van der Waals surface area contributed by atoms with Gasteiger partial charge in [0.15, 0.2) is 0 Å². The fourth-order valence-electron chi connectivity index (χ4n) is 1.71. The summed E-state index contributed by atoms with van der Waals surface area (Å²) in [4.78, 5) is 0. The Balaban J connectivity index is 1.83. The summed E-state index contributed by atoms with van der Waals surface area (Å²) in [6.45, 7) is 3.28. The van der Waals surface area contributed by atoms with E-state index in [1.807, 2.05) is 0 Å². The lowest BCUT2D eigenvalue weighted by atomic mass is 10.1. The molecule has 0 aliphatic heterocycles. The van der Waals surface area contributed by atoms with Gasteiger partial charge < -0.3 is 10.4 Å². The van der Waals surface area contributed by atoms with E-state index in [0.717, 1.165) is 12.1 Å². The fraction of sp³-hybridized carbons (Fsp3) is 0.286. The molecule has 2 rings (SSSR count). The van der Waals surface area contributed by atoms with Gasteiger partial charge in [-0.1, -0.05) is 12.1 Å². The summed E-state index contributed by atoms with van der Waals surface area (Å²) in [6.07, 6.45) is -0.607. The van der Waals surface area contributed by atoms with E-state index >= 15 is 0 Å². The van der Waals surface area contributed by atoms with Crippen molar-refractivity contribution in [2.45, 2.75) is 19.6 Å². The number of aliphatic hydroxyl groups excluding tert-OH is 1. The van der Waals surface area contributed by atoms with Crippen LogP contribution in [0.5, 0.6) is 0 Å². The lowest BCUT2D eigenvalue weighted by Gasteiger charge is -2.12. The quantitative estimate of drug-likeness (QED) is 0.871. The van der Waals surface area contributed by atoms with Crippen LogP contribution in [0.3, 0.4) is 0 Å². The zero-order valence-electron chi connectivity index (χ0n) is 10.2. The standard InChI is InChI=1S/C14H16FNOS/c1-10-8-18-9-12(10)6-16-7-14(17)11-2-4-13(15)5-3-11/h2-5,8-9,14,16-17H,6-7H2,1H3. The third kappa shape index (κ3) is 3.38. The van der Waals surface area contributed by atoms with Crippen LogP contribution in [-0.4, -0.2) is 11.7 Å². The van der Waals surface area contributed by atoms with Gasteiger partial charge in [-0.3, -0.25) is 0 Å². The first-order valence-electron chi connectivity index (χ1n) is 5.82. The molecule has 2 aromatic rings. The van der Waals surface area contributed by atoms with Crippen LogP contribution in [0.1, 0.15) is 22.8 Å². The van der Waals surface area contributed by atoms with Crippen molar-refractivity contribution in [2.24, 2.45) is 0 Å². The molecule has 1 unspecified atom stereocenters. The van der Waals surface area contributed by atoms with Gasteiger partial charge in [0.2, 0.25) is 0 Å². The maximum absolute atomic E-state index is 12.7. The Bertz CT molecular complexity index is 495. The van der Waals surface area contributed by atoms with E-state index < -0.39 is 6.10 Å². The highest BCUT2D eigenvalue weighted by atomic mass is 32.1. The van der Waals surface area contributed by atoms with E-state index in [-0.39, 0.29) is 5.82 Å². The molecular weight excluding hydrogens is 249 g/mol. The van der Waals surface area contributed by atoms with Crippen LogP contribution in [-0.2, 0) is 6.54 Å². The van der Waals surface area contributed by atoms with Gasteiger partial charge >= 0.3 is 0 Å². The number of benzene rings is 1. The minimum atomic E-state index is -0.607. The second-order valence-electron chi connectivity index (χ2n) is 4.28. The number of aryl methyl sites for hydroxylation is 1. The van der Waals surface area contributed by atoms with Gasteiger partial charge in [0.1, 0.15) is 5.82 Å². The van der Waals surface area contributed by atoms with E-state index in [4.69, 9.17) is 0 Å². The first kappa shape index (κ1) is 13.2. The molecule has 0 amide bonds. The summed E-state index contributed by atoms with van der Waals surface area (Å²) < 4.78 is 12.7. The Hall–Kier alpha value is -1.23. The molecule has 96 valence electrons. The number of rotatable bonds is 5. The normalized spacial score (nSPS) is 12.6. The molecule has 0 saturated heterocycles. The molecule has 1 atom stereocenters. The van der Waals surface area contributed by atoms with Crippen LogP contribution in [0, 0.1) is 12.7 Å². The Morgan fingerprint density at radius 3 is 2.61 bits per heavy atom. The molecule has 1 aromatic carbocycles. The number of hydrogen-bond donors (Lipinski definition) is 2. The van der Waals surface area contributed by atoms with E-state index in [2.05, 4.69) is 23.0 Å². The number of aliphatic hydroxyl groups is 1. The molecule has 18 heavy (non-hydrogen) atoms.